The third-order valence-electron chi connectivity index (χ3n) is 7.04. The van der Waals surface area contributed by atoms with Gasteiger partial charge in [0.2, 0.25) is 0 Å². The molecule has 0 bridgehead atoms. The van der Waals surface area contributed by atoms with Gasteiger partial charge >= 0.3 is 0 Å². The molecule has 1 aromatic heterocycles. The molecule has 2 nitrogen and oxygen atoms in total. The highest BCUT2D eigenvalue weighted by molar-refractivity contribution is 5.55. The summed E-state index contributed by atoms with van der Waals surface area (Å²) in [7, 11) is 0. The van der Waals surface area contributed by atoms with E-state index in [0.717, 1.165) is 36.3 Å². The van der Waals surface area contributed by atoms with Gasteiger partial charge in [0.15, 0.2) is 5.82 Å². The van der Waals surface area contributed by atoms with Crippen molar-refractivity contribution >= 4 is 0 Å². The zero-order chi connectivity index (χ0) is 21.9. The highest BCUT2D eigenvalue weighted by Crippen LogP contribution is 2.39. The van der Waals surface area contributed by atoms with Crippen LogP contribution in [0, 0.1) is 11.7 Å². The Bertz CT molecular complexity index is 763. The molecule has 31 heavy (non-hydrogen) atoms. The van der Waals surface area contributed by atoms with Gasteiger partial charge in [-0.1, -0.05) is 77.3 Å². The summed E-state index contributed by atoms with van der Waals surface area (Å²) in [6, 6.07) is 5.63. The number of aromatic nitrogens is 2. The van der Waals surface area contributed by atoms with Gasteiger partial charge in [0.05, 0.1) is 0 Å². The molecular weight excluding hydrogens is 383 g/mol. The average molecular weight is 425 g/mol. The molecule has 1 saturated carbocycles. The lowest BCUT2D eigenvalue weighted by Gasteiger charge is -2.29. The molecule has 0 N–H and O–H groups in total. The van der Waals surface area contributed by atoms with Crippen LogP contribution in [-0.2, 0) is 6.42 Å². The highest BCUT2D eigenvalue weighted by Gasteiger charge is 2.24. The van der Waals surface area contributed by atoms with Gasteiger partial charge in [0, 0.05) is 18.0 Å². The first-order chi connectivity index (χ1) is 15.2. The predicted molar refractivity (Wildman–Crippen MR) is 129 cm³/mol. The third kappa shape index (κ3) is 7.40. The van der Waals surface area contributed by atoms with Crippen LogP contribution in [0.3, 0.4) is 0 Å². The third-order valence-corrected chi connectivity index (χ3v) is 7.04. The lowest BCUT2D eigenvalue weighted by molar-refractivity contribution is 0.299. The predicted octanol–water partition coefficient (Wildman–Crippen LogP) is 8.65. The van der Waals surface area contributed by atoms with Crippen molar-refractivity contribution in [2.45, 2.75) is 110 Å². The minimum Gasteiger partial charge on any atom is -0.236 e. The Hall–Kier alpha value is -1.77. The Labute approximate surface area is 189 Å². The molecule has 0 spiro atoms. The van der Waals surface area contributed by atoms with E-state index < -0.39 is 0 Å². The fourth-order valence-corrected chi connectivity index (χ4v) is 5.01. The van der Waals surface area contributed by atoms with Crippen molar-refractivity contribution in [3.05, 3.63) is 47.5 Å². The summed E-state index contributed by atoms with van der Waals surface area (Å²) in [6.07, 6.45) is 21.3. The minimum absolute atomic E-state index is 0.0875. The number of benzene rings is 1. The quantitative estimate of drug-likeness (QED) is 0.319. The van der Waals surface area contributed by atoms with Crippen molar-refractivity contribution in [3.8, 4) is 11.4 Å². The van der Waals surface area contributed by atoms with Crippen LogP contribution in [0.2, 0.25) is 0 Å². The molecule has 2 aromatic rings. The van der Waals surface area contributed by atoms with E-state index in [-0.39, 0.29) is 5.82 Å². The fraction of sp³-hybridized carbons (Fsp3) is 0.643. The normalized spacial score (nSPS) is 18.9. The topological polar surface area (TPSA) is 25.8 Å². The van der Waals surface area contributed by atoms with Gasteiger partial charge in [-0.05, 0) is 67.6 Å². The number of nitrogens with zero attached hydrogens (tertiary/aromatic N) is 2. The van der Waals surface area contributed by atoms with Crippen LogP contribution in [0.25, 0.3) is 11.4 Å². The van der Waals surface area contributed by atoms with Crippen molar-refractivity contribution in [1.29, 1.82) is 0 Å². The van der Waals surface area contributed by atoms with E-state index in [0.29, 0.717) is 11.7 Å². The summed E-state index contributed by atoms with van der Waals surface area (Å²) in [5, 5.41) is 0. The van der Waals surface area contributed by atoms with Gasteiger partial charge in [-0.2, -0.15) is 0 Å². The molecule has 3 rings (SSSR count). The van der Waals surface area contributed by atoms with Crippen molar-refractivity contribution in [2.24, 2.45) is 5.92 Å². The Morgan fingerprint density at radius 1 is 0.839 bits per heavy atom. The lowest BCUT2D eigenvalue weighted by Crippen LogP contribution is -2.14. The molecule has 0 unspecified atom stereocenters. The van der Waals surface area contributed by atoms with Crippen molar-refractivity contribution in [2.75, 3.05) is 0 Å². The molecule has 0 atom stereocenters. The second-order valence-electron chi connectivity index (χ2n) is 9.53. The molecule has 1 aliphatic rings. The molecule has 0 aliphatic heterocycles. The number of rotatable bonds is 12. The van der Waals surface area contributed by atoms with Crippen LogP contribution in [-0.4, -0.2) is 9.97 Å². The molecule has 170 valence electrons. The van der Waals surface area contributed by atoms with E-state index in [1.165, 1.54) is 76.2 Å². The van der Waals surface area contributed by atoms with Gasteiger partial charge in [-0.3, -0.25) is 0 Å². The summed E-state index contributed by atoms with van der Waals surface area (Å²) < 4.78 is 15.0. The molecule has 1 aromatic carbocycles. The first-order valence-corrected chi connectivity index (χ1v) is 12.8. The molecule has 3 heteroatoms. The van der Waals surface area contributed by atoms with Crippen LogP contribution < -0.4 is 0 Å². The first-order valence-electron chi connectivity index (χ1n) is 12.8. The molecule has 1 fully saturated rings. The second kappa shape index (κ2) is 12.9. The van der Waals surface area contributed by atoms with Crippen LogP contribution in [0.1, 0.15) is 114 Å². The van der Waals surface area contributed by atoms with E-state index in [2.05, 4.69) is 23.8 Å². The summed E-state index contributed by atoms with van der Waals surface area (Å²) in [4.78, 5) is 9.03. The number of hydrogen-bond acceptors (Lipinski definition) is 2. The molecular formula is C28H41FN2. The fourth-order valence-electron chi connectivity index (χ4n) is 5.01. The molecule has 0 amide bonds. The monoisotopic (exact) mass is 424 g/mol. The largest absolute Gasteiger partial charge is 0.236 e. The second-order valence-corrected chi connectivity index (χ2v) is 9.53. The summed E-state index contributed by atoms with van der Waals surface area (Å²) >= 11 is 0. The van der Waals surface area contributed by atoms with Crippen LogP contribution in [0.5, 0.6) is 0 Å². The van der Waals surface area contributed by atoms with E-state index in [4.69, 9.17) is 0 Å². The van der Waals surface area contributed by atoms with Crippen molar-refractivity contribution < 1.29 is 4.39 Å². The maximum absolute atomic E-state index is 15.0. The maximum atomic E-state index is 15.0. The van der Waals surface area contributed by atoms with Gasteiger partial charge in [-0.25, -0.2) is 14.4 Å². The van der Waals surface area contributed by atoms with Crippen molar-refractivity contribution in [1.82, 2.24) is 9.97 Å². The smallest absolute Gasteiger partial charge is 0.159 e. The summed E-state index contributed by atoms with van der Waals surface area (Å²) in [5.41, 5.74) is 2.84. The van der Waals surface area contributed by atoms with E-state index in [9.17, 15) is 4.39 Å². The van der Waals surface area contributed by atoms with Crippen LogP contribution in [0.15, 0.2) is 30.6 Å². The van der Waals surface area contributed by atoms with E-state index >= 15 is 0 Å². The zero-order valence-corrected chi connectivity index (χ0v) is 19.7. The van der Waals surface area contributed by atoms with Gasteiger partial charge in [0.25, 0.3) is 0 Å². The average Bonchev–Trinajstić information content (AvgIpc) is 2.80. The number of halogens is 1. The van der Waals surface area contributed by atoms with Gasteiger partial charge in [-0.15, -0.1) is 0 Å². The molecule has 1 heterocycles. The number of aryl methyl sites for hydroxylation is 1. The number of unbranched alkanes of at least 4 members (excludes halogenated alkanes) is 6. The van der Waals surface area contributed by atoms with Gasteiger partial charge < -0.3 is 0 Å². The van der Waals surface area contributed by atoms with Crippen LogP contribution in [0.4, 0.5) is 4.39 Å². The Morgan fingerprint density at radius 3 is 2.19 bits per heavy atom. The van der Waals surface area contributed by atoms with E-state index in [1.807, 2.05) is 24.5 Å². The summed E-state index contributed by atoms with van der Waals surface area (Å²) in [5.74, 6) is 1.76. The van der Waals surface area contributed by atoms with E-state index in [1.54, 1.807) is 6.07 Å². The van der Waals surface area contributed by atoms with Crippen molar-refractivity contribution in [3.63, 3.8) is 0 Å². The molecule has 0 saturated heterocycles. The van der Waals surface area contributed by atoms with Crippen LogP contribution >= 0.6 is 0 Å². The Kier molecular flexibility index (Phi) is 9.96. The first kappa shape index (κ1) is 23.9. The Morgan fingerprint density at radius 2 is 1.52 bits per heavy atom. The SMILES string of the molecule is CCCCCCCc1cnc(-c2ccc(C3CCC(CCCCC)CC3)c(F)c2)nc1. The lowest BCUT2D eigenvalue weighted by atomic mass is 9.77. The molecule has 1 aliphatic carbocycles. The maximum Gasteiger partial charge on any atom is 0.159 e. The Balaban J connectivity index is 1.52. The zero-order valence-electron chi connectivity index (χ0n) is 19.7. The highest BCUT2D eigenvalue weighted by atomic mass is 19.1. The number of hydrogen-bond donors (Lipinski definition) is 0. The molecule has 0 radical (unpaired) electrons. The minimum atomic E-state index is -0.0875. The standard InChI is InChI=1S/C28H41FN2/c1-3-5-7-8-10-12-23-20-30-28(31-21-23)25-17-18-26(27(29)19-25)24-15-13-22(14-16-24)11-9-6-4-2/h17-22,24H,3-16H2,1-2H3. The summed E-state index contributed by atoms with van der Waals surface area (Å²) in [6.45, 7) is 4.50. The van der Waals surface area contributed by atoms with Gasteiger partial charge in [0.1, 0.15) is 5.82 Å².